The van der Waals surface area contributed by atoms with Crippen molar-refractivity contribution in [3.05, 3.63) is 48.3 Å². The molecule has 0 radical (unpaired) electrons. The fraction of sp³-hybridized carbons (Fsp3) is 0.444. The minimum atomic E-state index is -4.71. The summed E-state index contributed by atoms with van der Waals surface area (Å²) in [6.45, 7) is 4.22. The van der Waals surface area contributed by atoms with Crippen molar-refractivity contribution in [2.75, 3.05) is 17.3 Å². The first kappa shape index (κ1) is 21.7. The minimum absolute atomic E-state index is 0.0826. The molecule has 3 rings (SSSR count). The van der Waals surface area contributed by atoms with Gasteiger partial charge in [0.1, 0.15) is 11.6 Å². The maximum Gasteiger partial charge on any atom is 0.573 e. The molecule has 11 heteroatoms. The maximum absolute atomic E-state index is 12.2. The fourth-order valence-electron chi connectivity index (χ4n) is 3.13. The number of hydrogen-bond donors (Lipinski definition) is 0. The highest BCUT2D eigenvalue weighted by atomic mass is 32.2. The molecule has 2 aromatic rings. The number of aryl methyl sites for hydroxylation is 1. The lowest BCUT2D eigenvalue weighted by Crippen LogP contribution is -2.17. The number of hydrogen-bond acceptors (Lipinski definition) is 6. The van der Waals surface area contributed by atoms with Gasteiger partial charge in [0.05, 0.1) is 11.5 Å². The number of nitrogens with zero attached hydrogens (tertiary/aromatic N) is 3. The van der Waals surface area contributed by atoms with Crippen molar-refractivity contribution in [3.63, 3.8) is 0 Å². The van der Waals surface area contributed by atoms with Gasteiger partial charge in [0.2, 0.25) is 0 Å². The van der Waals surface area contributed by atoms with Crippen molar-refractivity contribution in [2.24, 2.45) is 0 Å². The fourth-order valence-corrected chi connectivity index (χ4v) is 5.81. The van der Waals surface area contributed by atoms with Crippen LogP contribution < -0.4 is 4.74 Å². The zero-order valence-corrected chi connectivity index (χ0v) is 17.1. The van der Waals surface area contributed by atoms with Crippen LogP contribution in [0.2, 0.25) is 0 Å². The first-order valence-electron chi connectivity index (χ1n) is 8.89. The first-order valence-corrected chi connectivity index (χ1v) is 11.7. The molecule has 29 heavy (non-hydrogen) atoms. The summed E-state index contributed by atoms with van der Waals surface area (Å²) >= 11 is 1.46. The van der Waals surface area contributed by atoms with Gasteiger partial charge in [-0.15, -0.1) is 29.9 Å². The zero-order valence-electron chi connectivity index (χ0n) is 15.4. The average Bonchev–Trinajstić information content (AvgIpc) is 3.18. The number of alkyl halides is 3. The van der Waals surface area contributed by atoms with Gasteiger partial charge in [-0.3, -0.25) is 0 Å². The highest BCUT2D eigenvalue weighted by Gasteiger charge is 2.33. The molecule has 1 aliphatic heterocycles. The lowest BCUT2D eigenvalue weighted by atomic mass is 10.1. The monoisotopic (exact) mass is 447 g/mol. The molecule has 6 nitrogen and oxygen atoms in total. The summed E-state index contributed by atoms with van der Waals surface area (Å²) < 4.78 is 65.9. The molecule has 1 aliphatic rings. The number of rotatable bonds is 8. The van der Waals surface area contributed by atoms with E-state index in [1.54, 1.807) is 18.2 Å². The van der Waals surface area contributed by atoms with E-state index >= 15 is 0 Å². The third kappa shape index (κ3) is 5.99. The molecule has 1 fully saturated rings. The lowest BCUT2D eigenvalue weighted by molar-refractivity contribution is -0.274. The summed E-state index contributed by atoms with van der Waals surface area (Å²) in [5, 5.41) is 9.08. The molecule has 1 aromatic carbocycles. The summed E-state index contributed by atoms with van der Waals surface area (Å²) in [7, 11) is -3.03. The number of halogens is 3. The summed E-state index contributed by atoms with van der Waals surface area (Å²) in [6.07, 6.45) is -1.84. The Morgan fingerprint density at radius 2 is 2.00 bits per heavy atom. The molecule has 1 atom stereocenters. The minimum Gasteiger partial charge on any atom is -0.406 e. The number of benzene rings is 1. The third-order valence-electron chi connectivity index (χ3n) is 4.43. The van der Waals surface area contributed by atoms with E-state index in [0.29, 0.717) is 36.1 Å². The second-order valence-electron chi connectivity index (χ2n) is 6.63. The number of allylic oxidation sites excluding steroid dienone is 1. The van der Waals surface area contributed by atoms with Gasteiger partial charge in [0, 0.05) is 18.2 Å². The second kappa shape index (κ2) is 8.78. The summed E-state index contributed by atoms with van der Waals surface area (Å²) in [6, 6.07) is 5.74. The summed E-state index contributed by atoms with van der Waals surface area (Å²) in [5.74, 6) is 1.12. The van der Waals surface area contributed by atoms with Crippen LogP contribution in [0, 0.1) is 0 Å². The van der Waals surface area contributed by atoms with E-state index in [1.807, 2.05) is 4.57 Å². The van der Waals surface area contributed by atoms with Gasteiger partial charge >= 0.3 is 6.36 Å². The second-order valence-corrected chi connectivity index (χ2v) is 9.92. The Hall–Kier alpha value is -2.01. The van der Waals surface area contributed by atoms with Crippen LogP contribution in [0.5, 0.6) is 5.75 Å². The molecular weight excluding hydrogens is 427 g/mol. The van der Waals surface area contributed by atoms with E-state index in [1.165, 1.54) is 23.9 Å². The van der Waals surface area contributed by atoms with Crippen LogP contribution in [-0.2, 0) is 22.8 Å². The predicted octanol–water partition coefficient (Wildman–Crippen LogP) is 3.60. The zero-order chi connectivity index (χ0) is 21.1. The molecule has 1 unspecified atom stereocenters. The van der Waals surface area contributed by atoms with Crippen LogP contribution in [0.3, 0.4) is 0 Å². The normalized spacial score (nSPS) is 18.7. The average molecular weight is 448 g/mol. The number of ether oxygens (including phenoxy) is 1. The molecule has 1 saturated heterocycles. The molecular formula is C18H20F3N3O3S2. The molecule has 158 valence electrons. The lowest BCUT2D eigenvalue weighted by Gasteiger charge is -2.11. The van der Waals surface area contributed by atoms with Crippen LogP contribution in [0.1, 0.15) is 23.7 Å². The van der Waals surface area contributed by atoms with Crippen molar-refractivity contribution in [1.29, 1.82) is 0 Å². The van der Waals surface area contributed by atoms with E-state index in [4.69, 9.17) is 0 Å². The Balaban J connectivity index is 1.61. The van der Waals surface area contributed by atoms with Crippen LogP contribution >= 0.6 is 11.8 Å². The topological polar surface area (TPSA) is 74.1 Å². The Labute approximate surface area is 171 Å². The van der Waals surface area contributed by atoms with Gasteiger partial charge < -0.3 is 9.30 Å². The van der Waals surface area contributed by atoms with E-state index in [0.717, 1.165) is 5.56 Å². The molecule has 0 amide bonds. The van der Waals surface area contributed by atoms with E-state index in [9.17, 15) is 21.6 Å². The Bertz CT molecular complexity index is 957. The van der Waals surface area contributed by atoms with Crippen LogP contribution in [0.15, 0.2) is 42.1 Å². The summed E-state index contributed by atoms with van der Waals surface area (Å²) in [4.78, 5) is 0. The van der Waals surface area contributed by atoms with Gasteiger partial charge in [-0.25, -0.2) is 8.42 Å². The number of aromatic nitrogens is 3. The van der Waals surface area contributed by atoms with Crippen LogP contribution in [0.4, 0.5) is 13.2 Å². The molecule has 0 N–H and O–H groups in total. The van der Waals surface area contributed by atoms with Crippen molar-refractivity contribution >= 4 is 21.6 Å². The highest BCUT2D eigenvalue weighted by Crippen LogP contribution is 2.30. The molecule has 1 aromatic heterocycles. The highest BCUT2D eigenvalue weighted by molar-refractivity contribution is 7.99. The molecule has 0 bridgehead atoms. The Morgan fingerprint density at radius 1 is 1.28 bits per heavy atom. The molecule has 0 spiro atoms. The van der Waals surface area contributed by atoms with Gasteiger partial charge in [-0.2, -0.15) is 0 Å². The van der Waals surface area contributed by atoms with E-state index in [-0.39, 0.29) is 23.2 Å². The van der Waals surface area contributed by atoms with Gasteiger partial charge in [-0.1, -0.05) is 30.0 Å². The van der Waals surface area contributed by atoms with Gasteiger partial charge in [0.25, 0.3) is 0 Å². The smallest absolute Gasteiger partial charge is 0.406 e. The number of thioether (sulfide) groups is 1. The Kier molecular flexibility index (Phi) is 6.57. The van der Waals surface area contributed by atoms with E-state index in [2.05, 4.69) is 21.5 Å². The maximum atomic E-state index is 12.2. The number of sulfone groups is 1. The van der Waals surface area contributed by atoms with Crippen LogP contribution in [0.25, 0.3) is 0 Å². The van der Waals surface area contributed by atoms with Crippen LogP contribution in [-0.4, -0.2) is 46.8 Å². The molecule has 0 aliphatic carbocycles. The van der Waals surface area contributed by atoms with E-state index < -0.39 is 16.2 Å². The van der Waals surface area contributed by atoms with Gasteiger partial charge in [0.15, 0.2) is 15.0 Å². The van der Waals surface area contributed by atoms with Crippen molar-refractivity contribution < 1.29 is 26.3 Å². The van der Waals surface area contributed by atoms with Crippen molar-refractivity contribution in [3.8, 4) is 5.75 Å². The standard InChI is InChI=1S/C18H20F3N3O3S2/c1-2-9-24-16(14-8-11-29(25,26)12-14)22-23-17(24)28-10-7-13-3-5-15(6-4-13)27-18(19,20)21/h2-6,14H,1,7-12H2. The summed E-state index contributed by atoms with van der Waals surface area (Å²) in [5.41, 5.74) is 0.865. The quantitative estimate of drug-likeness (QED) is 0.455. The largest absolute Gasteiger partial charge is 0.573 e. The van der Waals surface area contributed by atoms with Gasteiger partial charge in [-0.05, 0) is 30.5 Å². The Morgan fingerprint density at radius 3 is 2.59 bits per heavy atom. The molecule has 2 heterocycles. The van der Waals surface area contributed by atoms with Crippen molar-refractivity contribution in [1.82, 2.24) is 14.8 Å². The molecule has 0 saturated carbocycles. The first-order chi connectivity index (χ1) is 13.7. The third-order valence-corrected chi connectivity index (χ3v) is 7.17. The predicted molar refractivity (Wildman–Crippen MR) is 104 cm³/mol. The SMILES string of the molecule is C=CCn1c(SCCc2ccc(OC(F)(F)F)cc2)nnc1C1CCS(=O)(=O)C1. The van der Waals surface area contributed by atoms with Crippen molar-refractivity contribution in [2.45, 2.75) is 36.8 Å².